The van der Waals surface area contributed by atoms with Crippen molar-refractivity contribution in [3.8, 4) is 0 Å². The molecule has 2 fully saturated rings. The number of hydrogen-bond donors (Lipinski definition) is 0. The van der Waals surface area contributed by atoms with Crippen LogP contribution in [0.1, 0.15) is 31.7 Å². The minimum atomic E-state index is 0.647. The highest BCUT2D eigenvalue weighted by Gasteiger charge is 2.32. The van der Waals surface area contributed by atoms with Crippen molar-refractivity contribution in [1.29, 1.82) is 0 Å². The van der Waals surface area contributed by atoms with Crippen LogP contribution < -0.4 is 0 Å². The molecule has 2 nitrogen and oxygen atoms in total. The Balaban J connectivity index is 1.67. The Labute approximate surface area is 121 Å². The SMILES string of the molecule is C[C@H]1CN2CCCC[C@H]2CN1Cc1cccc(Cl)c1. The van der Waals surface area contributed by atoms with Crippen molar-refractivity contribution in [2.45, 2.75) is 44.8 Å². The zero-order valence-electron chi connectivity index (χ0n) is 11.7. The highest BCUT2D eigenvalue weighted by atomic mass is 35.5. The van der Waals surface area contributed by atoms with E-state index in [0.717, 1.165) is 17.6 Å². The van der Waals surface area contributed by atoms with Crippen molar-refractivity contribution in [1.82, 2.24) is 9.80 Å². The third-order valence-electron chi connectivity index (χ3n) is 4.59. The maximum absolute atomic E-state index is 6.08. The third-order valence-corrected chi connectivity index (χ3v) is 4.83. The van der Waals surface area contributed by atoms with Gasteiger partial charge in [-0.15, -0.1) is 0 Å². The highest BCUT2D eigenvalue weighted by molar-refractivity contribution is 6.30. The summed E-state index contributed by atoms with van der Waals surface area (Å²) in [6.45, 7) is 7.14. The Morgan fingerprint density at radius 2 is 2.16 bits per heavy atom. The summed E-state index contributed by atoms with van der Waals surface area (Å²) in [5.74, 6) is 0. The first-order valence-electron chi connectivity index (χ1n) is 7.45. The van der Waals surface area contributed by atoms with Crippen LogP contribution in [0.15, 0.2) is 24.3 Å². The molecule has 104 valence electrons. The molecular weight excluding hydrogens is 256 g/mol. The van der Waals surface area contributed by atoms with Gasteiger partial charge >= 0.3 is 0 Å². The van der Waals surface area contributed by atoms with E-state index >= 15 is 0 Å². The molecule has 0 spiro atoms. The largest absolute Gasteiger partial charge is 0.298 e. The van der Waals surface area contributed by atoms with E-state index in [9.17, 15) is 0 Å². The van der Waals surface area contributed by atoms with Crippen LogP contribution in [0.2, 0.25) is 5.02 Å². The van der Waals surface area contributed by atoms with Crippen LogP contribution in [0.5, 0.6) is 0 Å². The van der Waals surface area contributed by atoms with Gasteiger partial charge in [0.15, 0.2) is 0 Å². The van der Waals surface area contributed by atoms with Crippen molar-refractivity contribution in [3.63, 3.8) is 0 Å². The summed E-state index contributed by atoms with van der Waals surface area (Å²) in [6.07, 6.45) is 4.16. The Morgan fingerprint density at radius 1 is 1.26 bits per heavy atom. The fourth-order valence-electron chi connectivity index (χ4n) is 3.50. The molecule has 1 aromatic rings. The molecule has 19 heavy (non-hydrogen) atoms. The summed E-state index contributed by atoms with van der Waals surface area (Å²) in [6, 6.07) is 9.72. The van der Waals surface area contributed by atoms with E-state index in [4.69, 9.17) is 11.6 Å². The smallest absolute Gasteiger partial charge is 0.0409 e. The van der Waals surface area contributed by atoms with Gasteiger partial charge in [-0.25, -0.2) is 0 Å². The van der Waals surface area contributed by atoms with Crippen LogP contribution in [-0.2, 0) is 6.54 Å². The van der Waals surface area contributed by atoms with E-state index in [1.54, 1.807) is 0 Å². The first-order chi connectivity index (χ1) is 9.22. The van der Waals surface area contributed by atoms with Gasteiger partial charge in [-0.05, 0) is 44.0 Å². The predicted molar refractivity (Wildman–Crippen MR) is 80.5 cm³/mol. The molecule has 0 aliphatic carbocycles. The minimum Gasteiger partial charge on any atom is -0.298 e. The van der Waals surface area contributed by atoms with Gasteiger partial charge in [0.1, 0.15) is 0 Å². The average Bonchev–Trinajstić information content (AvgIpc) is 2.40. The standard InChI is InChI=1S/C16H23ClN2/c1-13-10-18-8-3-2-7-16(18)12-19(13)11-14-5-4-6-15(17)9-14/h4-6,9,13,16H,2-3,7-8,10-12H2,1H3/t13-,16-/m0/s1. The average molecular weight is 279 g/mol. The number of piperidine rings is 1. The molecule has 1 aromatic carbocycles. The first-order valence-corrected chi connectivity index (χ1v) is 7.83. The van der Waals surface area contributed by atoms with Gasteiger partial charge < -0.3 is 0 Å². The summed E-state index contributed by atoms with van der Waals surface area (Å²) >= 11 is 6.08. The summed E-state index contributed by atoms with van der Waals surface area (Å²) < 4.78 is 0. The van der Waals surface area contributed by atoms with Gasteiger partial charge in [-0.2, -0.15) is 0 Å². The van der Waals surface area contributed by atoms with Gasteiger partial charge in [0.2, 0.25) is 0 Å². The number of piperazine rings is 1. The van der Waals surface area contributed by atoms with Crippen molar-refractivity contribution in [2.75, 3.05) is 19.6 Å². The predicted octanol–water partition coefficient (Wildman–Crippen LogP) is 3.40. The van der Waals surface area contributed by atoms with E-state index in [-0.39, 0.29) is 0 Å². The van der Waals surface area contributed by atoms with Gasteiger partial charge in [0, 0.05) is 36.7 Å². The van der Waals surface area contributed by atoms with Crippen molar-refractivity contribution < 1.29 is 0 Å². The molecule has 3 rings (SSSR count). The monoisotopic (exact) mass is 278 g/mol. The normalized spacial score (nSPS) is 29.2. The fraction of sp³-hybridized carbons (Fsp3) is 0.625. The van der Waals surface area contributed by atoms with Crippen LogP contribution in [0.3, 0.4) is 0 Å². The van der Waals surface area contributed by atoms with E-state index in [2.05, 4.69) is 34.9 Å². The van der Waals surface area contributed by atoms with Gasteiger partial charge in [-0.3, -0.25) is 9.80 Å². The van der Waals surface area contributed by atoms with Crippen LogP contribution >= 0.6 is 11.6 Å². The second-order valence-electron chi connectivity index (χ2n) is 6.05. The summed E-state index contributed by atoms with van der Waals surface area (Å²) in [7, 11) is 0. The third kappa shape index (κ3) is 3.13. The zero-order valence-corrected chi connectivity index (χ0v) is 12.4. The zero-order chi connectivity index (χ0) is 13.2. The molecule has 2 aliphatic heterocycles. The quantitative estimate of drug-likeness (QED) is 0.818. The Morgan fingerprint density at radius 3 is 3.00 bits per heavy atom. The number of nitrogens with zero attached hydrogens (tertiary/aromatic N) is 2. The molecule has 0 radical (unpaired) electrons. The molecule has 0 aromatic heterocycles. The summed E-state index contributed by atoms with van der Waals surface area (Å²) in [4.78, 5) is 5.32. The number of fused-ring (bicyclic) bond motifs is 1. The first kappa shape index (κ1) is 13.4. The second-order valence-corrected chi connectivity index (χ2v) is 6.49. The van der Waals surface area contributed by atoms with Gasteiger partial charge in [0.05, 0.1) is 0 Å². The van der Waals surface area contributed by atoms with E-state index < -0.39 is 0 Å². The second kappa shape index (κ2) is 5.82. The molecule has 0 bridgehead atoms. The number of rotatable bonds is 2. The Hall–Kier alpha value is -0.570. The van der Waals surface area contributed by atoms with E-state index in [1.165, 1.54) is 44.5 Å². The molecule has 2 saturated heterocycles. The molecular formula is C16H23ClN2. The molecule has 0 N–H and O–H groups in total. The van der Waals surface area contributed by atoms with Crippen LogP contribution in [0, 0.1) is 0 Å². The topological polar surface area (TPSA) is 6.48 Å². The molecule has 0 saturated carbocycles. The van der Waals surface area contributed by atoms with Crippen LogP contribution in [0.4, 0.5) is 0 Å². The lowest BCUT2D eigenvalue weighted by Crippen LogP contribution is -2.58. The van der Waals surface area contributed by atoms with Crippen LogP contribution in [-0.4, -0.2) is 41.5 Å². The fourth-order valence-corrected chi connectivity index (χ4v) is 3.72. The maximum atomic E-state index is 6.08. The molecule has 2 heterocycles. The van der Waals surface area contributed by atoms with E-state index in [0.29, 0.717) is 6.04 Å². The van der Waals surface area contributed by atoms with Crippen molar-refractivity contribution >= 4 is 11.6 Å². The van der Waals surface area contributed by atoms with Crippen LogP contribution in [0.25, 0.3) is 0 Å². The molecule has 3 heteroatoms. The van der Waals surface area contributed by atoms with Crippen molar-refractivity contribution in [2.24, 2.45) is 0 Å². The van der Waals surface area contributed by atoms with Crippen molar-refractivity contribution in [3.05, 3.63) is 34.9 Å². The molecule has 0 amide bonds. The number of benzene rings is 1. The lowest BCUT2D eigenvalue weighted by atomic mass is 9.97. The number of halogens is 1. The molecule has 0 unspecified atom stereocenters. The van der Waals surface area contributed by atoms with Gasteiger partial charge in [-0.1, -0.05) is 30.2 Å². The van der Waals surface area contributed by atoms with Gasteiger partial charge in [0.25, 0.3) is 0 Å². The lowest BCUT2D eigenvalue weighted by molar-refractivity contribution is 0.0111. The molecule has 2 atom stereocenters. The summed E-state index contributed by atoms with van der Waals surface area (Å²) in [5.41, 5.74) is 1.34. The minimum absolute atomic E-state index is 0.647. The highest BCUT2D eigenvalue weighted by Crippen LogP contribution is 2.25. The lowest BCUT2D eigenvalue weighted by Gasteiger charge is -2.47. The summed E-state index contributed by atoms with van der Waals surface area (Å²) in [5, 5.41) is 0.849. The Kier molecular flexibility index (Phi) is 4.11. The number of hydrogen-bond acceptors (Lipinski definition) is 2. The molecule has 2 aliphatic rings. The Bertz CT molecular complexity index is 435. The van der Waals surface area contributed by atoms with E-state index in [1.807, 2.05) is 6.07 Å². The maximum Gasteiger partial charge on any atom is 0.0409 e.